The molecule has 1 amide bonds. The number of rotatable bonds is 10. The number of ether oxygens (including phenoxy) is 3. The number of fused-ring (bicyclic) bond motifs is 2. The standard InChI is InChI=1S/C37H36Cl2N2O6/c1-3-31(24-7-5-4-6-8-24)41-19-27-18-34-33(17-26(27)16-32(41)36(42)40-22(2)37(43)44)46-21-35(47-34)25-10-12-28(13-11-25)45-20-23-9-14-29(38)30(39)15-23/h4-15,17-18,22,31-32,35H,3,16,19-21H2,1-2H3,(H,40,42)(H,43,44)/t22?,31-,32-,35+/m0/s1. The van der Waals surface area contributed by atoms with Gasteiger partial charge in [0.05, 0.1) is 16.1 Å². The molecule has 0 bridgehead atoms. The van der Waals surface area contributed by atoms with Gasteiger partial charge in [-0.05, 0) is 84.0 Å². The van der Waals surface area contributed by atoms with Gasteiger partial charge in [0.15, 0.2) is 17.6 Å². The first kappa shape index (κ1) is 32.7. The summed E-state index contributed by atoms with van der Waals surface area (Å²) in [7, 11) is 0. The minimum absolute atomic E-state index is 0.0430. The molecule has 0 aliphatic carbocycles. The number of halogens is 2. The van der Waals surface area contributed by atoms with Crippen molar-refractivity contribution in [3.05, 3.63) is 123 Å². The van der Waals surface area contributed by atoms with Gasteiger partial charge in [-0.1, -0.05) is 78.7 Å². The molecule has 8 nitrogen and oxygen atoms in total. The average Bonchev–Trinajstić information content (AvgIpc) is 3.08. The summed E-state index contributed by atoms with van der Waals surface area (Å²) >= 11 is 12.1. The van der Waals surface area contributed by atoms with E-state index in [1.807, 2.05) is 60.7 Å². The van der Waals surface area contributed by atoms with Gasteiger partial charge in [0.1, 0.15) is 25.0 Å². The maximum absolute atomic E-state index is 13.5. The smallest absolute Gasteiger partial charge is 0.325 e. The van der Waals surface area contributed by atoms with Crippen molar-refractivity contribution in [3.8, 4) is 17.2 Å². The van der Waals surface area contributed by atoms with Gasteiger partial charge in [-0.25, -0.2) is 0 Å². The molecule has 0 saturated carbocycles. The predicted octanol–water partition coefficient (Wildman–Crippen LogP) is 7.55. The summed E-state index contributed by atoms with van der Waals surface area (Å²) < 4.78 is 18.6. The Balaban J connectivity index is 1.20. The number of aliphatic carboxylic acids is 1. The van der Waals surface area contributed by atoms with Gasteiger partial charge in [0.2, 0.25) is 5.91 Å². The second-order valence-electron chi connectivity index (χ2n) is 11.9. The van der Waals surface area contributed by atoms with Crippen LogP contribution in [0.5, 0.6) is 17.2 Å². The van der Waals surface area contributed by atoms with Crippen molar-refractivity contribution >= 4 is 35.1 Å². The van der Waals surface area contributed by atoms with Crippen molar-refractivity contribution in [2.24, 2.45) is 0 Å². The number of nitrogens with one attached hydrogen (secondary N) is 1. The van der Waals surface area contributed by atoms with Crippen molar-refractivity contribution in [1.29, 1.82) is 0 Å². The molecule has 47 heavy (non-hydrogen) atoms. The fraction of sp³-hybridized carbons (Fsp3) is 0.297. The highest BCUT2D eigenvalue weighted by molar-refractivity contribution is 6.42. The van der Waals surface area contributed by atoms with Crippen molar-refractivity contribution in [2.75, 3.05) is 6.61 Å². The highest BCUT2D eigenvalue weighted by Gasteiger charge is 2.38. The lowest BCUT2D eigenvalue weighted by atomic mass is 9.89. The van der Waals surface area contributed by atoms with Crippen molar-refractivity contribution < 1.29 is 28.9 Å². The highest BCUT2D eigenvalue weighted by atomic mass is 35.5. The van der Waals surface area contributed by atoms with Crippen LogP contribution in [0.2, 0.25) is 10.0 Å². The SMILES string of the molecule is CC[C@@H](c1ccccc1)N1Cc2cc3c(cc2C[C@H]1C(=O)NC(C)C(=O)O)OC[C@H](c1ccc(OCc2ccc(Cl)c(Cl)c2)cc1)O3. The molecule has 2 N–H and O–H groups in total. The Bertz CT molecular complexity index is 1750. The number of carbonyl (C=O) groups is 2. The third-order valence-electron chi connectivity index (χ3n) is 8.74. The van der Waals surface area contributed by atoms with Gasteiger partial charge in [0.25, 0.3) is 0 Å². The quantitative estimate of drug-likeness (QED) is 0.179. The van der Waals surface area contributed by atoms with E-state index < -0.39 is 18.1 Å². The molecule has 0 saturated heterocycles. The van der Waals surface area contributed by atoms with Crippen molar-refractivity contribution in [1.82, 2.24) is 10.2 Å². The zero-order valence-electron chi connectivity index (χ0n) is 26.1. The molecule has 0 fully saturated rings. The first-order valence-electron chi connectivity index (χ1n) is 15.7. The molecule has 1 unspecified atom stereocenters. The fourth-order valence-corrected chi connectivity index (χ4v) is 6.51. The van der Waals surface area contributed by atoms with E-state index in [0.717, 1.165) is 34.2 Å². The van der Waals surface area contributed by atoms with Gasteiger partial charge in [-0.3, -0.25) is 14.5 Å². The lowest BCUT2D eigenvalue weighted by molar-refractivity contribution is -0.142. The number of carbonyl (C=O) groups excluding carboxylic acids is 1. The summed E-state index contributed by atoms with van der Waals surface area (Å²) in [6.07, 6.45) is 0.881. The summed E-state index contributed by atoms with van der Waals surface area (Å²) in [5.74, 6) is 0.611. The molecule has 2 aliphatic heterocycles. The molecular formula is C37H36Cl2N2O6. The molecular weight excluding hydrogens is 639 g/mol. The summed E-state index contributed by atoms with van der Waals surface area (Å²) in [6.45, 7) is 4.76. The lowest BCUT2D eigenvalue weighted by Gasteiger charge is -2.42. The van der Waals surface area contributed by atoms with Crippen LogP contribution in [0.3, 0.4) is 0 Å². The van der Waals surface area contributed by atoms with E-state index in [1.54, 1.807) is 12.1 Å². The Labute approximate surface area is 284 Å². The normalized spacial score (nSPS) is 18.5. The number of carboxylic acid groups (broad SMARTS) is 1. The van der Waals surface area contributed by atoms with Crippen LogP contribution in [0.25, 0.3) is 0 Å². The number of hydrogen-bond donors (Lipinski definition) is 2. The first-order valence-corrected chi connectivity index (χ1v) is 16.4. The van der Waals surface area contributed by atoms with Gasteiger partial charge < -0.3 is 24.6 Å². The molecule has 6 rings (SSSR count). The Kier molecular flexibility index (Phi) is 9.92. The number of benzene rings is 4. The number of hydrogen-bond acceptors (Lipinski definition) is 6. The first-order chi connectivity index (χ1) is 22.7. The zero-order chi connectivity index (χ0) is 33.1. The number of amides is 1. The number of carboxylic acids is 1. The molecule has 10 heteroatoms. The van der Waals surface area contributed by atoms with Crippen LogP contribution < -0.4 is 19.5 Å². The Hall–Kier alpha value is -4.24. The van der Waals surface area contributed by atoms with Crippen molar-refractivity contribution in [2.45, 2.75) is 64.1 Å². The van der Waals surface area contributed by atoms with E-state index in [-0.39, 0.29) is 18.1 Å². The molecule has 0 radical (unpaired) electrons. The average molecular weight is 676 g/mol. The van der Waals surface area contributed by atoms with Gasteiger partial charge in [0, 0.05) is 12.6 Å². The molecule has 4 aromatic carbocycles. The van der Waals surface area contributed by atoms with Crippen LogP contribution in [0.1, 0.15) is 60.2 Å². The zero-order valence-corrected chi connectivity index (χ0v) is 27.6. The van der Waals surface area contributed by atoms with Crippen LogP contribution in [0.15, 0.2) is 84.9 Å². The van der Waals surface area contributed by atoms with E-state index in [2.05, 4.69) is 29.3 Å². The van der Waals surface area contributed by atoms with Crippen LogP contribution in [-0.2, 0) is 29.2 Å². The van der Waals surface area contributed by atoms with E-state index in [0.29, 0.717) is 53.5 Å². The molecule has 2 aliphatic rings. The molecule has 0 spiro atoms. The van der Waals surface area contributed by atoms with E-state index in [9.17, 15) is 14.7 Å². The lowest BCUT2D eigenvalue weighted by Crippen LogP contribution is -2.54. The minimum Gasteiger partial charge on any atom is -0.489 e. The van der Waals surface area contributed by atoms with Crippen LogP contribution in [0, 0.1) is 0 Å². The Morgan fingerprint density at radius 3 is 2.43 bits per heavy atom. The second kappa shape index (κ2) is 14.3. The third kappa shape index (κ3) is 7.35. The highest BCUT2D eigenvalue weighted by Crippen LogP contribution is 2.42. The van der Waals surface area contributed by atoms with Crippen LogP contribution in [-0.4, -0.2) is 40.6 Å². The maximum atomic E-state index is 13.5. The Morgan fingerprint density at radius 1 is 0.979 bits per heavy atom. The summed E-state index contributed by atoms with van der Waals surface area (Å²) in [4.78, 5) is 27.3. The molecule has 4 aromatic rings. The second-order valence-corrected chi connectivity index (χ2v) is 12.7. The minimum atomic E-state index is -1.07. The maximum Gasteiger partial charge on any atom is 0.325 e. The monoisotopic (exact) mass is 674 g/mol. The van der Waals surface area contributed by atoms with Crippen molar-refractivity contribution in [3.63, 3.8) is 0 Å². The largest absolute Gasteiger partial charge is 0.489 e. The summed E-state index contributed by atoms with van der Waals surface area (Å²) in [6, 6.07) is 25.6. The molecule has 0 aromatic heterocycles. The Morgan fingerprint density at radius 2 is 1.72 bits per heavy atom. The van der Waals surface area contributed by atoms with Crippen LogP contribution in [0.4, 0.5) is 0 Å². The van der Waals surface area contributed by atoms with Gasteiger partial charge in [-0.2, -0.15) is 0 Å². The predicted molar refractivity (Wildman–Crippen MR) is 180 cm³/mol. The van der Waals surface area contributed by atoms with Crippen LogP contribution >= 0.6 is 23.2 Å². The van der Waals surface area contributed by atoms with Gasteiger partial charge >= 0.3 is 5.97 Å². The van der Waals surface area contributed by atoms with E-state index in [4.69, 9.17) is 37.4 Å². The third-order valence-corrected chi connectivity index (χ3v) is 9.48. The topological polar surface area (TPSA) is 97.3 Å². The molecule has 244 valence electrons. The molecule has 2 heterocycles. The summed E-state index contributed by atoms with van der Waals surface area (Å²) in [5.41, 5.74) is 5.00. The number of nitrogens with zero attached hydrogens (tertiary/aromatic N) is 1. The van der Waals surface area contributed by atoms with Gasteiger partial charge in [-0.15, -0.1) is 0 Å². The van der Waals surface area contributed by atoms with E-state index in [1.165, 1.54) is 6.92 Å². The molecule has 4 atom stereocenters. The fourth-order valence-electron chi connectivity index (χ4n) is 6.19. The summed E-state index contributed by atoms with van der Waals surface area (Å²) in [5, 5.41) is 13.1. The van der Waals surface area contributed by atoms with E-state index >= 15 is 0 Å².